The number of methoxy groups -OCH3 is 1. The lowest BCUT2D eigenvalue weighted by molar-refractivity contribution is -0.139. The van der Waals surface area contributed by atoms with Crippen LogP contribution in [0, 0.1) is 0 Å². The minimum Gasteiger partial charge on any atom is -0.469 e. The molecular weight excluding hydrogens is 344 g/mol. The second-order valence-corrected chi connectivity index (χ2v) is 6.78. The summed E-state index contributed by atoms with van der Waals surface area (Å²) in [5.74, 6) is -0.209. The predicted octanol–water partition coefficient (Wildman–Crippen LogP) is 3.79. The minimum atomic E-state index is -0.348. The quantitative estimate of drug-likeness (QED) is 0.509. The lowest BCUT2D eigenvalue weighted by Gasteiger charge is -2.05. The van der Waals surface area contributed by atoms with Crippen LogP contribution in [-0.2, 0) is 40.0 Å². The predicted molar refractivity (Wildman–Crippen MR) is 99.7 cm³/mol. The highest BCUT2D eigenvalue weighted by atomic mass is 16.5. The van der Waals surface area contributed by atoms with Crippen molar-refractivity contribution in [2.45, 2.75) is 32.1 Å². The smallest absolute Gasteiger partial charge is 0.315 e. The first-order valence-electron chi connectivity index (χ1n) is 9.00. The molecule has 5 nitrogen and oxygen atoms in total. The van der Waals surface area contributed by atoms with E-state index in [9.17, 15) is 9.59 Å². The van der Waals surface area contributed by atoms with Crippen molar-refractivity contribution in [3.8, 4) is 5.75 Å². The van der Waals surface area contributed by atoms with E-state index in [1.165, 1.54) is 24.7 Å². The molecule has 5 heteroatoms. The molecule has 0 aliphatic heterocycles. The average molecular weight is 364 g/mol. The van der Waals surface area contributed by atoms with Crippen LogP contribution < -0.4 is 4.74 Å². The number of carbonyl (C=O) groups is 2. The number of ether oxygens (including phenoxy) is 2. The number of benzene rings is 2. The summed E-state index contributed by atoms with van der Waals surface area (Å²) >= 11 is 0. The second-order valence-electron chi connectivity index (χ2n) is 6.78. The maximum atomic E-state index is 12.3. The van der Waals surface area contributed by atoms with Crippen molar-refractivity contribution < 1.29 is 23.5 Å². The van der Waals surface area contributed by atoms with Crippen molar-refractivity contribution in [3.63, 3.8) is 0 Å². The SMILES string of the molecule is COC(=O)Cc1ccc(OC(=O)Cc2coc3cc4c(cc23)CCC4)cc1. The largest absolute Gasteiger partial charge is 0.469 e. The number of furan rings is 1. The van der Waals surface area contributed by atoms with Gasteiger partial charge in [0.05, 0.1) is 26.2 Å². The monoisotopic (exact) mass is 364 g/mol. The molecule has 1 aliphatic rings. The van der Waals surface area contributed by atoms with Gasteiger partial charge in [-0.1, -0.05) is 12.1 Å². The molecule has 2 aromatic carbocycles. The number of carbonyl (C=O) groups excluding carboxylic acids is 2. The molecule has 0 bridgehead atoms. The Hall–Kier alpha value is -3.08. The number of aryl methyl sites for hydroxylation is 2. The van der Waals surface area contributed by atoms with Crippen molar-refractivity contribution in [1.82, 2.24) is 0 Å². The van der Waals surface area contributed by atoms with Crippen molar-refractivity contribution >= 4 is 22.9 Å². The fourth-order valence-electron chi connectivity index (χ4n) is 3.52. The summed E-state index contributed by atoms with van der Waals surface area (Å²) in [6.45, 7) is 0. The van der Waals surface area contributed by atoms with Gasteiger partial charge in [-0.15, -0.1) is 0 Å². The molecular formula is C22H20O5. The molecule has 4 rings (SSSR count). The van der Waals surface area contributed by atoms with Crippen LogP contribution in [0.2, 0.25) is 0 Å². The Morgan fingerprint density at radius 2 is 1.74 bits per heavy atom. The van der Waals surface area contributed by atoms with E-state index >= 15 is 0 Å². The van der Waals surface area contributed by atoms with Gasteiger partial charge in [0.15, 0.2) is 0 Å². The lowest BCUT2D eigenvalue weighted by Crippen LogP contribution is -2.11. The van der Waals surface area contributed by atoms with Crippen LogP contribution in [0.15, 0.2) is 47.1 Å². The van der Waals surface area contributed by atoms with Crippen LogP contribution in [0.1, 0.15) is 28.7 Å². The molecule has 0 saturated carbocycles. The molecule has 1 aromatic heterocycles. The summed E-state index contributed by atoms with van der Waals surface area (Å²) in [7, 11) is 1.35. The van der Waals surface area contributed by atoms with Crippen molar-refractivity contribution in [1.29, 1.82) is 0 Å². The van der Waals surface area contributed by atoms with E-state index in [-0.39, 0.29) is 24.8 Å². The molecule has 0 fully saturated rings. The zero-order valence-electron chi connectivity index (χ0n) is 15.1. The van der Waals surface area contributed by atoms with Crippen molar-refractivity contribution in [2.75, 3.05) is 7.11 Å². The minimum absolute atomic E-state index is 0.149. The van der Waals surface area contributed by atoms with E-state index in [1.54, 1.807) is 30.5 Å². The molecule has 0 N–H and O–H groups in total. The molecule has 0 atom stereocenters. The van der Waals surface area contributed by atoms with E-state index in [0.29, 0.717) is 5.75 Å². The molecule has 0 unspecified atom stereocenters. The van der Waals surface area contributed by atoms with Crippen LogP contribution in [-0.4, -0.2) is 19.0 Å². The standard InChI is InChI=1S/C22H20O5/c1-25-21(23)9-14-5-7-18(8-6-14)27-22(24)12-17-13-26-20-11-16-4-2-3-15(16)10-19(17)20/h5-8,10-11,13H,2-4,9,12H2,1H3. The number of hydrogen-bond acceptors (Lipinski definition) is 5. The summed E-state index contributed by atoms with van der Waals surface area (Å²) in [6.07, 6.45) is 5.32. The van der Waals surface area contributed by atoms with E-state index in [2.05, 4.69) is 16.9 Å². The van der Waals surface area contributed by atoms with Gasteiger partial charge in [-0.2, -0.15) is 0 Å². The first kappa shape index (κ1) is 17.3. The van der Waals surface area contributed by atoms with Crippen LogP contribution >= 0.6 is 0 Å². The Morgan fingerprint density at radius 3 is 2.48 bits per heavy atom. The maximum absolute atomic E-state index is 12.3. The molecule has 0 radical (unpaired) electrons. The second kappa shape index (κ2) is 7.27. The summed E-state index contributed by atoms with van der Waals surface area (Å²) in [6, 6.07) is 11.1. The number of rotatable bonds is 5. The topological polar surface area (TPSA) is 65.7 Å². The van der Waals surface area contributed by atoms with Crippen LogP contribution in [0.3, 0.4) is 0 Å². The van der Waals surface area contributed by atoms with Crippen LogP contribution in [0.4, 0.5) is 0 Å². The molecule has 0 amide bonds. The fourth-order valence-corrected chi connectivity index (χ4v) is 3.52. The summed E-state index contributed by atoms with van der Waals surface area (Å²) in [5, 5.41) is 0.987. The van der Waals surface area contributed by atoms with Crippen LogP contribution in [0.25, 0.3) is 11.0 Å². The fraction of sp³-hybridized carbons (Fsp3) is 0.273. The normalized spacial score (nSPS) is 12.8. The third-order valence-electron chi connectivity index (χ3n) is 4.93. The molecule has 1 heterocycles. The van der Waals surface area contributed by atoms with Crippen molar-refractivity contribution in [3.05, 3.63) is 64.9 Å². The van der Waals surface area contributed by atoms with Crippen LogP contribution in [0.5, 0.6) is 5.75 Å². The average Bonchev–Trinajstić information content (AvgIpc) is 3.28. The first-order chi connectivity index (χ1) is 13.1. The molecule has 1 aliphatic carbocycles. The van der Waals surface area contributed by atoms with E-state index in [4.69, 9.17) is 9.15 Å². The van der Waals surface area contributed by atoms with Gasteiger partial charge < -0.3 is 13.9 Å². The third kappa shape index (κ3) is 3.72. The van der Waals surface area contributed by atoms with E-state index < -0.39 is 0 Å². The maximum Gasteiger partial charge on any atom is 0.315 e. The zero-order valence-corrected chi connectivity index (χ0v) is 15.1. The van der Waals surface area contributed by atoms with Gasteiger partial charge in [0, 0.05) is 10.9 Å². The lowest BCUT2D eigenvalue weighted by atomic mass is 10.0. The highest BCUT2D eigenvalue weighted by molar-refractivity contribution is 5.87. The Balaban J connectivity index is 1.44. The Bertz CT molecular complexity index is 997. The third-order valence-corrected chi connectivity index (χ3v) is 4.93. The van der Waals surface area contributed by atoms with Gasteiger partial charge in [-0.25, -0.2) is 0 Å². The highest BCUT2D eigenvalue weighted by Crippen LogP contribution is 2.30. The summed E-state index contributed by atoms with van der Waals surface area (Å²) in [5.41, 5.74) is 5.16. The first-order valence-corrected chi connectivity index (χ1v) is 9.00. The van der Waals surface area contributed by atoms with Crippen molar-refractivity contribution in [2.24, 2.45) is 0 Å². The zero-order chi connectivity index (χ0) is 18.8. The highest BCUT2D eigenvalue weighted by Gasteiger charge is 2.17. The molecule has 0 spiro atoms. The Labute approximate surface area is 156 Å². The molecule has 0 saturated heterocycles. The van der Waals surface area contributed by atoms with Gasteiger partial charge in [0.25, 0.3) is 0 Å². The molecule has 27 heavy (non-hydrogen) atoms. The Kier molecular flexibility index (Phi) is 4.67. The molecule has 3 aromatic rings. The Morgan fingerprint density at radius 1 is 1.00 bits per heavy atom. The van der Waals surface area contributed by atoms with Gasteiger partial charge >= 0.3 is 11.9 Å². The van der Waals surface area contributed by atoms with Gasteiger partial charge in [0.2, 0.25) is 0 Å². The summed E-state index contributed by atoms with van der Waals surface area (Å²) < 4.78 is 15.7. The van der Waals surface area contributed by atoms with E-state index in [0.717, 1.165) is 34.9 Å². The van der Waals surface area contributed by atoms with Gasteiger partial charge in [0.1, 0.15) is 11.3 Å². The van der Waals surface area contributed by atoms with Gasteiger partial charge in [-0.05, 0) is 60.2 Å². The molecule has 138 valence electrons. The summed E-state index contributed by atoms with van der Waals surface area (Å²) in [4.78, 5) is 23.6. The van der Waals surface area contributed by atoms with Gasteiger partial charge in [-0.3, -0.25) is 9.59 Å². The number of esters is 2. The van der Waals surface area contributed by atoms with E-state index in [1.807, 2.05) is 0 Å². The number of fused-ring (bicyclic) bond motifs is 2. The number of hydrogen-bond donors (Lipinski definition) is 0.